The maximum absolute atomic E-state index is 5.82. The number of likely N-dealkylation sites (N-methyl/N-ethyl adjacent to an activating group) is 1. The number of rotatable bonds is 6. The first-order valence-electron chi connectivity index (χ1n) is 9.45. The van der Waals surface area contributed by atoms with Crippen LogP contribution in [0.3, 0.4) is 0 Å². The van der Waals surface area contributed by atoms with Crippen LogP contribution in [0.25, 0.3) is 0 Å². The molecule has 0 spiro atoms. The number of thiocarbonyl (C=S) groups is 1. The van der Waals surface area contributed by atoms with Gasteiger partial charge < -0.3 is 20.4 Å². The fourth-order valence-corrected chi connectivity index (χ4v) is 4.29. The number of nitrogens with one attached hydrogen (secondary N) is 2. The molecule has 26 heavy (non-hydrogen) atoms. The minimum Gasteiger partial charge on any atom is -0.360 e. The first-order chi connectivity index (χ1) is 12.1. The Labute approximate surface area is 164 Å². The largest absolute Gasteiger partial charge is 0.360 e. The van der Waals surface area contributed by atoms with Gasteiger partial charge in [-0.05, 0) is 84.5 Å². The number of hydrogen-bond acceptors (Lipinski definition) is 4. The fourth-order valence-electron chi connectivity index (χ4n) is 3.97. The molecule has 0 bridgehead atoms. The van der Waals surface area contributed by atoms with Gasteiger partial charge in [0.05, 0.1) is 0 Å². The van der Waals surface area contributed by atoms with Crippen LogP contribution in [0.1, 0.15) is 46.1 Å². The second-order valence-corrected chi connectivity index (χ2v) is 9.41. The summed E-state index contributed by atoms with van der Waals surface area (Å²) in [5, 5.41) is 8.24. The van der Waals surface area contributed by atoms with Crippen molar-refractivity contribution in [1.29, 1.82) is 0 Å². The van der Waals surface area contributed by atoms with Gasteiger partial charge in [-0.1, -0.05) is 0 Å². The second-order valence-electron chi connectivity index (χ2n) is 9.03. The van der Waals surface area contributed by atoms with Crippen molar-refractivity contribution in [3.8, 4) is 0 Å². The first-order valence-corrected chi connectivity index (χ1v) is 9.86. The Morgan fingerprint density at radius 3 is 2.27 bits per heavy atom. The maximum Gasteiger partial charge on any atom is 0.169 e. The number of piperidine rings is 1. The first kappa shape index (κ1) is 21.1. The Morgan fingerprint density at radius 1 is 1.15 bits per heavy atom. The molecule has 0 radical (unpaired) electrons. The number of pyridine rings is 1. The second kappa shape index (κ2) is 8.63. The zero-order valence-corrected chi connectivity index (χ0v) is 18.0. The fraction of sp³-hybridized carbons (Fsp3) is 0.700. The molecular weight excluding hydrogens is 342 g/mol. The number of hydrogen-bond donors (Lipinski definition) is 2. The SMILES string of the molecule is CN(C)CCN(Cc1ccncc1)C(=S)NC1CC(C)(C)NC(C)(C)C1. The van der Waals surface area contributed by atoms with Crippen molar-refractivity contribution in [3.63, 3.8) is 0 Å². The molecule has 0 aromatic carbocycles. The van der Waals surface area contributed by atoms with Crippen molar-refractivity contribution in [2.45, 2.75) is 64.2 Å². The van der Waals surface area contributed by atoms with Crippen molar-refractivity contribution >= 4 is 17.3 Å². The minimum absolute atomic E-state index is 0.106. The summed E-state index contributed by atoms with van der Waals surface area (Å²) in [5.41, 5.74) is 1.44. The van der Waals surface area contributed by atoms with Crippen molar-refractivity contribution in [3.05, 3.63) is 30.1 Å². The molecule has 1 aromatic rings. The summed E-state index contributed by atoms with van der Waals surface area (Å²) in [4.78, 5) is 8.58. The lowest BCUT2D eigenvalue weighted by atomic mass is 9.80. The molecule has 0 unspecified atom stereocenters. The van der Waals surface area contributed by atoms with Gasteiger partial charge in [-0.3, -0.25) is 4.98 Å². The highest BCUT2D eigenvalue weighted by Gasteiger charge is 2.38. The van der Waals surface area contributed by atoms with Crippen LogP contribution in [-0.4, -0.2) is 64.2 Å². The summed E-state index contributed by atoms with van der Waals surface area (Å²) in [5.74, 6) is 0. The van der Waals surface area contributed by atoms with Gasteiger partial charge in [-0.15, -0.1) is 0 Å². The monoisotopic (exact) mass is 377 g/mol. The molecule has 5 nitrogen and oxygen atoms in total. The zero-order valence-electron chi connectivity index (χ0n) is 17.2. The van der Waals surface area contributed by atoms with Gasteiger partial charge in [0.15, 0.2) is 5.11 Å². The molecule has 2 heterocycles. The Hall–Kier alpha value is -1.24. The molecular formula is C20H35N5S. The van der Waals surface area contributed by atoms with E-state index in [0.717, 1.165) is 37.6 Å². The average Bonchev–Trinajstić information content (AvgIpc) is 2.48. The van der Waals surface area contributed by atoms with Crippen LogP contribution in [0.2, 0.25) is 0 Å². The average molecular weight is 378 g/mol. The highest BCUT2D eigenvalue weighted by atomic mass is 32.1. The summed E-state index contributed by atoms with van der Waals surface area (Å²) in [7, 11) is 4.19. The van der Waals surface area contributed by atoms with Crippen LogP contribution < -0.4 is 10.6 Å². The van der Waals surface area contributed by atoms with Crippen LogP contribution in [0.15, 0.2) is 24.5 Å². The van der Waals surface area contributed by atoms with Gasteiger partial charge in [-0.25, -0.2) is 0 Å². The highest BCUT2D eigenvalue weighted by molar-refractivity contribution is 7.80. The van der Waals surface area contributed by atoms with Crippen LogP contribution >= 0.6 is 12.2 Å². The summed E-state index contributed by atoms with van der Waals surface area (Å²) in [6.07, 6.45) is 5.81. The Kier molecular flexibility index (Phi) is 6.99. The van der Waals surface area contributed by atoms with Crippen molar-refractivity contribution < 1.29 is 0 Å². The highest BCUT2D eigenvalue weighted by Crippen LogP contribution is 2.28. The van der Waals surface area contributed by atoms with E-state index in [1.807, 2.05) is 12.4 Å². The lowest BCUT2D eigenvalue weighted by Crippen LogP contribution is -2.63. The van der Waals surface area contributed by atoms with Gasteiger partial charge in [0.2, 0.25) is 0 Å². The maximum atomic E-state index is 5.82. The molecule has 1 aliphatic heterocycles. The lowest BCUT2D eigenvalue weighted by molar-refractivity contribution is 0.153. The van der Waals surface area contributed by atoms with E-state index in [1.165, 1.54) is 5.56 Å². The van der Waals surface area contributed by atoms with E-state index in [-0.39, 0.29) is 11.1 Å². The molecule has 6 heteroatoms. The Balaban J connectivity index is 2.05. The van der Waals surface area contributed by atoms with Gasteiger partial charge in [0, 0.05) is 49.1 Å². The normalized spacial score (nSPS) is 19.3. The third-order valence-electron chi connectivity index (χ3n) is 4.74. The molecule has 0 saturated carbocycles. The van der Waals surface area contributed by atoms with Crippen molar-refractivity contribution in [2.75, 3.05) is 27.2 Å². The predicted molar refractivity (Wildman–Crippen MR) is 113 cm³/mol. The van der Waals surface area contributed by atoms with Crippen LogP contribution in [0.5, 0.6) is 0 Å². The molecule has 2 rings (SSSR count). The molecule has 0 amide bonds. The molecule has 1 saturated heterocycles. The summed E-state index contributed by atoms with van der Waals surface area (Å²) in [6.45, 7) is 11.8. The minimum atomic E-state index is 0.106. The van der Waals surface area contributed by atoms with Crippen LogP contribution in [-0.2, 0) is 6.54 Å². The molecule has 1 aliphatic rings. The Morgan fingerprint density at radius 2 is 1.73 bits per heavy atom. The molecule has 146 valence electrons. The van der Waals surface area contributed by atoms with Crippen LogP contribution in [0.4, 0.5) is 0 Å². The molecule has 1 aromatic heterocycles. The number of aromatic nitrogens is 1. The summed E-state index contributed by atoms with van der Waals surface area (Å²) >= 11 is 5.82. The van der Waals surface area contributed by atoms with Gasteiger partial charge in [0.25, 0.3) is 0 Å². The predicted octanol–water partition coefficient (Wildman–Crippen LogP) is 2.63. The number of nitrogens with zero attached hydrogens (tertiary/aromatic N) is 3. The van der Waals surface area contributed by atoms with E-state index >= 15 is 0 Å². The van der Waals surface area contributed by atoms with Gasteiger partial charge >= 0.3 is 0 Å². The molecule has 2 N–H and O–H groups in total. The van der Waals surface area contributed by atoms with E-state index in [2.05, 4.69) is 79.3 Å². The topological polar surface area (TPSA) is 43.4 Å². The molecule has 0 atom stereocenters. The van der Waals surface area contributed by atoms with E-state index in [1.54, 1.807) is 0 Å². The molecule has 0 aliphatic carbocycles. The molecule has 1 fully saturated rings. The summed E-state index contributed by atoms with van der Waals surface area (Å²) in [6, 6.07) is 4.50. The van der Waals surface area contributed by atoms with E-state index in [0.29, 0.717) is 6.04 Å². The third-order valence-corrected chi connectivity index (χ3v) is 5.12. The Bertz CT molecular complexity index is 569. The van der Waals surface area contributed by atoms with Crippen molar-refractivity contribution in [2.24, 2.45) is 0 Å². The van der Waals surface area contributed by atoms with E-state index in [9.17, 15) is 0 Å². The standard InChI is InChI=1S/C20H35N5S/c1-19(2)13-17(14-20(3,4)23-19)22-18(26)25(12-11-24(5)6)15-16-7-9-21-10-8-16/h7-10,17,23H,11-15H2,1-6H3,(H,22,26). The zero-order chi connectivity index (χ0) is 19.4. The van der Waals surface area contributed by atoms with Crippen molar-refractivity contribution in [1.82, 2.24) is 25.4 Å². The van der Waals surface area contributed by atoms with E-state index in [4.69, 9.17) is 12.2 Å². The lowest BCUT2D eigenvalue weighted by Gasteiger charge is -2.47. The van der Waals surface area contributed by atoms with Gasteiger partial charge in [-0.2, -0.15) is 0 Å². The quantitative estimate of drug-likeness (QED) is 0.743. The third kappa shape index (κ3) is 6.82. The van der Waals surface area contributed by atoms with Crippen LogP contribution in [0, 0.1) is 0 Å². The van der Waals surface area contributed by atoms with Gasteiger partial charge in [0.1, 0.15) is 0 Å². The summed E-state index contributed by atoms with van der Waals surface area (Å²) < 4.78 is 0. The smallest absolute Gasteiger partial charge is 0.169 e. The van der Waals surface area contributed by atoms with E-state index < -0.39 is 0 Å².